The summed E-state index contributed by atoms with van der Waals surface area (Å²) in [5.41, 5.74) is 7.64. The fourth-order valence-corrected chi connectivity index (χ4v) is 2.86. The fraction of sp³-hybridized carbons (Fsp3) is 0.600. The summed E-state index contributed by atoms with van der Waals surface area (Å²) < 4.78 is 0. The van der Waals surface area contributed by atoms with E-state index in [1.165, 1.54) is 5.56 Å². The summed E-state index contributed by atoms with van der Waals surface area (Å²) in [5, 5.41) is 0. The van der Waals surface area contributed by atoms with Crippen molar-refractivity contribution in [1.82, 2.24) is 4.90 Å². The fourth-order valence-electron chi connectivity index (χ4n) is 2.86. The lowest BCUT2D eigenvalue weighted by Crippen LogP contribution is -2.55. The molecule has 0 aliphatic carbocycles. The van der Waals surface area contributed by atoms with Crippen molar-refractivity contribution < 1.29 is 0 Å². The second-order valence-corrected chi connectivity index (χ2v) is 5.57. The summed E-state index contributed by atoms with van der Waals surface area (Å²) in [6.07, 6.45) is 0. The summed E-state index contributed by atoms with van der Waals surface area (Å²) in [6, 6.07) is 11.6. The molecule has 1 aromatic carbocycles. The topological polar surface area (TPSA) is 29.3 Å². The standard InChI is InChI=1S/C15H24N2/c1-11-9-17(13(3)12(2)15(11)16)10-14-7-5-4-6-8-14/h4-8,11-13,15H,9-10,16H2,1-3H3. The van der Waals surface area contributed by atoms with Crippen molar-refractivity contribution in [2.45, 2.75) is 39.4 Å². The van der Waals surface area contributed by atoms with Crippen LogP contribution in [-0.4, -0.2) is 23.5 Å². The molecular formula is C15H24N2. The van der Waals surface area contributed by atoms with Crippen LogP contribution in [0.3, 0.4) is 0 Å². The number of nitrogens with zero attached hydrogens (tertiary/aromatic N) is 1. The summed E-state index contributed by atoms with van der Waals surface area (Å²) in [7, 11) is 0. The van der Waals surface area contributed by atoms with E-state index in [-0.39, 0.29) is 0 Å². The smallest absolute Gasteiger partial charge is 0.0236 e. The molecule has 1 aliphatic heterocycles. The van der Waals surface area contributed by atoms with Crippen molar-refractivity contribution >= 4 is 0 Å². The highest BCUT2D eigenvalue weighted by Crippen LogP contribution is 2.27. The molecule has 2 nitrogen and oxygen atoms in total. The second kappa shape index (κ2) is 5.19. The van der Waals surface area contributed by atoms with E-state index in [0.29, 0.717) is 23.9 Å². The van der Waals surface area contributed by atoms with Crippen LogP contribution in [0.4, 0.5) is 0 Å². The van der Waals surface area contributed by atoms with Gasteiger partial charge in [0.1, 0.15) is 0 Å². The zero-order valence-electron chi connectivity index (χ0n) is 11.1. The number of piperidine rings is 1. The summed E-state index contributed by atoms with van der Waals surface area (Å²) in [5.74, 6) is 1.16. The summed E-state index contributed by atoms with van der Waals surface area (Å²) in [4.78, 5) is 2.56. The Labute approximate surface area is 105 Å². The lowest BCUT2D eigenvalue weighted by molar-refractivity contribution is 0.0553. The molecule has 1 aliphatic rings. The van der Waals surface area contributed by atoms with Gasteiger partial charge in [-0.2, -0.15) is 0 Å². The molecule has 1 saturated heterocycles. The van der Waals surface area contributed by atoms with E-state index < -0.39 is 0 Å². The van der Waals surface area contributed by atoms with Gasteiger partial charge in [0, 0.05) is 25.2 Å². The van der Waals surface area contributed by atoms with Crippen molar-refractivity contribution in [3.63, 3.8) is 0 Å². The number of hydrogen-bond donors (Lipinski definition) is 1. The number of rotatable bonds is 2. The van der Waals surface area contributed by atoms with Crippen LogP contribution in [0.1, 0.15) is 26.3 Å². The van der Waals surface area contributed by atoms with Gasteiger partial charge in [-0.05, 0) is 24.3 Å². The minimum atomic E-state index is 0.344. The zero-order valence-corrected chi connectivity index (χ0v) is 11.1. The van der Waals surface area contributed by atoms with Crippen LogP contribution >= 0.6 is 0 Å². The Bertz CT molecular complexity index is 349. The predicted octanol–water partition coefficient (Wildman–Crippen LogP) is 2.49. The van der Waals surface area contributed by atoms with Crippen molar-refractivity contribution in [3.8, 4) is 0 Å². The first kappa shape index (κ1) is 12.6. The van der Waals surface area contributed by atoms with E-state index in [9.17, 15) is 0 Å². The molecule has 4 atom stereocenters. The second-order valence-electron chi connectivity index (χ2n) is 5.57. The Morgan fingerprint density at radius 2 is 1.82 bits per heavy atom. The van der Waals surface area contributed by atoms with E-state index in [2.05, 4.69) is 56.0 Å². The molecule has 4 unspecified atom stereocenters. The normalized spacial score (nSPS) is 34.8. The van der Waals surface area contributed by atoms with Crippen LogP contribution in [0.2, 0.25) is 0 Å². The number of nitrogens with two attached hydrogens (primary N) is 1. The Balaban J connectivity index is 2.06. The molecule has 2 rings (SSSR count). The molecule has 2 N–H and O–H groups in total. The van der Waals surface area contributed by atoms with Gasteiger partial charge in [0.05, 0.1) is 0 Å². The molecule has 0 saturated carbocycles. The first-order valence-electron chi connectivity index (χ1n) is 6.63. The van der Waals surface area contributed by atoms with E-state index >= 15 is 0 Å². The van der Waals surface area contributed by atoms with Gasteiger partial charge in [-0.1, -0.05) is 44.2 Å². The molecule has 1 aromatic rings. The zero-order chi connectivity index (χ0) is 12.4. The van der Waals surface area contributed by atoms with E-state index in [0.717, 1.165) is 13.1 Å². The summed E-state index contributed by atoms with van der Waals surface area (Å²) >= 11 is 0. The molecule has 94 valence electrons. The average molecular weight is 232 g/mol. The van der Waals surface area contributed by atoms with Gasteiger partial charge in [0.2, 0.25) is 0 Å². The average Bonchev–Trinajstić information content (AvgIpc) is 2.35. The Hall–Kier alpha value is -0.860. The van der Waals surface area contributed by atoms with Gasteiger partial charge in [-0.15, -0.1) is 0 Å². The van der Waals surface area contributed by atoms with Crippen LogP contribution in [0.25, 0.3) is 0 Å². The number of likely N-dealkylation sites (tertiary alicyclic amines) is 1. The van der Waals surface area contributed by atoms with Crippen LogP contribution in [-0.2, 0) is 6.54 Å². The predicted molar refractivity (Wildman–Crippen MR) is 72.6 cm³/mol. The van der Waals surface area contributed by atoms with Crippen molar-refractivity contribution in [1.29, 1.82) is 0 Å². The third-order valence-corrected chi connectivity index (χ3v) is 4.35. The monoisotopic (exact) mass is 232 g/mol. The van der Waals surface area contributed by atoms with Gasteiger partial charge in [-0.3, -0.25) is 4.90 Å². The maximum absolute atomic E-state index is 6.24. The molecule has 1 fully saturated rings. The quantitative estimate of drug-likeness (QED) is 0.849. The SMILES string of the molecule is CC1CN(Cc2ccccc2)C(C)C(C)C1N. The molecule has 17 heavy (non-hydrogen) atoms. The van der Waals surface area contributed by atoms with Crippen molar-refractivity contribution in [2.75, 3.05) is 6.54 Å². The van der Waals surface area contributed by atoms with E-state index in [4.69, 9.17) is 5.73 Å². The molecule has 0 radical (unpaired) electrons. The van der Waals surface area contributed by atoms with Gasteiger partial charge in [0.15, 0.2) is 0 Å². The van der Waals surface area contributed by atoms with Gasteiger partial charge < -0.3 is 5.73 Å². The van der Waals surface area contributed by atoms with Crippen LogP contribution in [0, 0.1) is 11.8 Å². The highest BCUT2D eigenvalue weighted by Gasteiger charge is 2.34. The third-order valence-electron chi connectivity index (χ3n) is 4.35. The van der Waals surface area contributed by atoms with E-state index in [1.54, 1.807) is 0 Å². The van der Waals surface area contributed by atoms with Crippen molar-refractivity contribution in [2.24, 2.45) is 17.6 Å². The molecule has 0 bridgehead atoms. The molecule has 2 heteroatoms. The highest BCUT2D eigenvalue weighted by atomic mass is 15.2. The number of benzene rings is 1. The highest BCUT2D eigenvalue weighted by molar-refractivity contribution is 5.15. The molecule has 0 amide bonds. The largest absolute Gasteiger partial charge is 0.327 e. The minimum absolute atomic E-state index is 0.344. The van der Waals surface area contributed by atoms with Crippen molar-refractivity contribution in [3.05, 3.63) is 35.9 Å². The van der Waals surface area contributed by atoms with Gasteiger partial charge in [-0.25, -0.2) is 0 Å². The Morgan fingerprint density at radius 1 is 1.18 bits per heavy atom. The first-order chi connectivity index (χ1) is 8.09. The van der Waals surface area contributed by atoms with Crippen LogP contribution in [0.15, 0.2) is 30.3 Å². The first-order valence-corrected chi connectivity index (χ1v) is 6.63. The molecular weight excluding hydrogens is 208 g/mol. The van der Waals surface area contributed by atoms with E-state index in [1.807, 2.05) is 0 Å². The Kier molecular flexibility index (Phi) is 3.85. The number of hydrogen-bond acceptors (Lipinski definition) is 2. The van der Waals surface area contributed by atoms with Gasteiger partial charge in [0.25, 0.3) is 0 Å². The third kappa shape index (κ3) is 2.70. The minimum Gasteiger partial charge on any atom is -0.327 e. The Morgan fingerprint density at radius 3 is 2.47 bits per heavy atom. The van der Waals surface area contributed by atoms with Gasteiger partial charge >= 0.3 is 0 Å². The maximum atomic E-state index is 6.24. The molecule has 0 aromatic heterocycles. The molecule has 0 spiro atoms. The lowest BCUT2D eigenvalue weighted by Gasteiger charge is -2.45. The lowest BCUT2D eigenvalue weighted by atomic mass is 9.81. The maximum Gasteiger partial charge on any atom is 0.0236 e. The van der Waals surface area contributed by atoms with Crippen LogP contribution in [0.5, 0.6) is 0 Å². The molecule has 1 heterocycles. The summed E-state index contributed by atoms with van der Waals surface area (Å²) in [6.45, 7) is 9.01. The van der Waals surface area contributed by atoms with Crippen LogP contribution < -0.4 is 5.73 Å².